The van der Waals surface area contributed by atoms with E-state index >= 15 is 0 Å². The molecule has 1 fully saturated rings. The van der Waals surface area contributed by atoms with Gasteiger partial charge in [0.05, 0.1) is 29.4 Å². The van der Waals surface area contributed by atoms with E-state index in [1.807, 2.05) is 12.1 Å². The molecule has 1 aliphatic rings. The molecule has 1 atom stereocenters. The van der Waals surface area contributed by atoms with Crippen LogP contribution in [-0.4, -0.2) is 46.2 Å². The fourth-order valence-corrected chi connectivity index (χ4v) is 4.61. The molecule has 1 unspecified atom stereocenters. The second kappa shape index (κ2) is 10.5. The van der Waals surface area contributed by atoms with Crippen molar-refractivity contribution >= 4 is 35.0 Å². The Hall–Kier alpha value is -4.12. The van der Waals surface area contributed by atoms with E-state index < -0.39 is 6.04 Å². The lowest BCUT2D eigenvalue weighted by molar-refractivity contribution is 0.0369. The number of rotatable bonds is 4. The van der Waals surface area contributed by atoms with Crippen LogP contribution in [0.4, 0.5) is 0 Å². The van der Waals surface area contributed by atoms with Gasteiger partial charge in [-0.25, -0.2) is 4.98 Å². The molecular weight excluding hydrogens is 511 g/mol. The molecule has 1 aromatic heterocycles. The molecule has 0 bridgehead atoms. The number of hydrogen-bond acceptors (Lipinski definition) is 5. The molecule has 1 saturated heterocycles. The molecule has 0 aliphatic carbocycles. The van der Waals surface area contributed by atoms with Gasteiger partial charge in [0.2, 0.25) is 11.7 Å². The number of nitrogens with zero attached hydrogens (tertiary/aromatic N) is 4. The van der Waals surface area contributed by atoms with Crippen LogP contribution < -0.4 is 0 Å². The predicted octanol–water partition coefficient (Wildman–Crippen LogP) is 5.86. The van der Waals surface area contributed by atoms with Crippen molar-refractivity contribution in [3.63, 3.8) is 0 Å². The van der Waals surface area contributed by atoms with Crippen molar-refractivity contribution in [1.29, 1.82) is 5.26 Å². The number of hydrogen-bond donors (Lipinski definition) is 0. The normalized spacial score (nSPS) is 15.3. The number of nitriles is 1. The molecule has 1 aliphatic heterocycles. The lowest BCUT2D eigenvalue weighted by Crippen LogP contribution is -2.52. The minimum Gasteiger partial charge on any atom is -0.431 e. The fraction of sp³-hybridized carbons (Fsp3) is 0.143. The molecule has 184 valence electrons. The first-order valence-electron chi connectivity index (χ1n) is 11.5. The largest absolute Gasteiger partial charge is 0.431 e. The van der Waals surface area contributed by atoms with Crippen molar-refractivity contribution < 1.29 is 14.0 Å². The Morgan fingerprint density at radius 1 is 0.919 bits per heavy atom. The van der Waals surface area contributed by atoms with E-state index in [0.29, 0.717) is 39.8 Å². The third kappa shape index (κ3) is 5.08. The number of oxazole rings is 1. The number of benzene rings is 3. The number of piperazine rings is 1. The molecule has 5 rings (SSSR count). The lowest BCUT2D eigenvalue weighted by atomic mass is 10.0. The molecule has 4 aromatic rings. The summed E-state index contributed by atoms with van der Waals surface area (Å²) < 4.78 is 5.77. The highest BCUT2D eigenvalue weighted by molar-refractivity contribution is 6.30. The predicted molar refractivity (Wildman–Crippen MR) is 139 cm³/mol. The van der Waals surface area contributed by atoms with E-state index in [1.165, 1.54) is 6.20 Å². The van der Waals surface area contributed by atoms with E-state index in [0.717, 1.165) is 5.56 Å². The van der Waals surface area contributed by atoms with Crippen molar-refractivity contribution in [3.8, 4) is 17.5 Å². The summed E-state index contributed by atoms with van der Waals surface area (Å²) in [5, 5.41) is 10.5. The van der Waals surface area contributed by atoms with Gasteiger partial charge >= 0.3 is 0 Å². The molecule has 2 heterocycles. The van der Waals surface area contributed by atoms with Gasteiger partial charge < -0.3 is 14.2 Å². The Morgan fingerprint density at radius 3 is 2.30 bits per heavy atom. The zero-order chi connectivity index (χ0) is 25.9. The molecule has 0 saturated carbocycles. The molecule has 0 spiro atoms. The van der Waals surface area contributed by atoms with E-state index in [1.54, 1.807) is 70.5 Å². The number of aromatic nitrogens is 1. The first kappa shape index (κ1) is 24.6. The highest BCUT2D eigenvalue weighted by Gasteiger charge is 2.35. The first-order valence-corrected chi connectivity index (χ1v) is 12.3. The zero-order valence-corrected chi connectivity index (χ0v) is 21.0. The summed E-state index contributed by atoms with van der Waals surface area (Å²) >= 11 is 12.1. The third-order valence-electron chi connectivity index (χ3n) is 6.27. The molecule has 9 heteroatoms. The van der Waals surface area contributed by atoms with Crippen molar-refractivity contribution in [1.82, 2.24) is 14.8 Å². The van der Waals surface area contributed by atoms with Gasteiger partial charge in [0.25, 0.3) is 11.8 Å². The summed E-state index contributed by atoms with van der Waals surface area (Å²) in [5.41, 5.74) is 2.28. The van der Waals surface area contributed by atoms with Gasteiger partial charge in [0.15, 0.2) is 0 Å². The van der Waals surface area contributed by atoms with Gasteiger partial charge in [-0.2, -0.15) is 5.26 Å². The Bertz CT molecular complexity index is 1490. The van der Waals surface area contributed by atoms with Crippen LogP contribution in [0.3, 0.4) is 0 Å². The van der Waals surface area contributed by atoms with Crippen molar-refractivity contribution in [2.45, 2.75) is 6.04 Å². The molecule has 37 heavy (non-hydrogen) atoms. The van der Waals surface area contributed by atoms with E-state index in [-0.39, 0.29) is 30.0 Å². The van der Waals surface area contributed by atoms with Gasteiger partial charge in [0, 0.05) is 35.2 Å². The van der Waals surface area contributed by atoms with Gasteiger partial charge in [-0.05, 0) is 54.1 Å². The zero-order valence-electron chi connectivity index (χ0n) is 19.5. The fourth-order valence-electron chi connectivity index (χ4n) is 4.36. The van der Waals surface area contributed by atoms with E-state index in [4.69, 9.17) is 27.6 Å². The summed E-state index contributed by atoms with van der Waals surface area (Å²) in [6, 6.07) is 22.6. The van der Waals surface area contributed by atoms with Gasteiger partial charge in [-0.3, -0.25) is 9.59 Å². The standard InChI is InChI=1S/C28H20Cl2N4O3/c29-21-9-5-18(6-10-21)24-17-33(13-14-34(24)27(35)19-7-11-22(30)12-8-19)28(36)25-16-32-26(37-25)23-4-2-1-3-20(23)15-31/h1-12,16,24H,13-14,17H2. The second-order valence-electron chi connectivity index (χ2n) is 8.51. The number of carbonyl (C=O) groups excluding carboxylic acids is 2. The second-order valence-corrected chi connectivity index (χ2v) is 9.38. The quantitative estimate of drug-likeness (QED) is 0.329. The van der Waals surface area contributed by atoms with Crippen LogP contribution in [0.5, 0.6) is 0 Å². The third-order valence-corrected chi connectivity index (χ3v) is 6.77. The minimum absolute atomic E-state index is 0.0649. The first-order chi connectivity index (χ1) is 17.9. The lowest BCUT2D eigenvalue weighted by Gasteiger charge is -2.41. The molecule has 7 nitrogen and oxygen atoms in total. The Morgan fingerprint density at radius 2 is 1.59 bits per heavy atom. The highest BCUT2D eigenvalue weighted by Crippen LogP contribution is 2.30. The summed E-state index contributed by atoms with van der Waals surface area (Å²) in [6.07, 6.45) is 1.37. The maximum atomic E-state index is 13.4. The van der Waals surface area contributed by atoms with Crippen LogP contribution >= 0.6 is 23.2 Å². The smallest absolute Gasteiger partial charge is 0.291 e. The summed E-state index contributed by atoms with van der Waals surface area (Å²) in [7, 11) is 0. The SMILES string of the molecule is N#Cc1ccccc1-c1ncc(C(=O)N2CCN(C(=O)c3ccc(Cl)cc3)C(c3ccc(Cl)cc3)C2)o1. The van der Waals surface area contributed by atoms with Crippen molar-refractivity contribution in [3.05, 3.63) is 111 Å². The van der Waals surface area contributed by atoms with Crippen molar-refractivity contribution in [2.24, 2.45) is 0 Å². The monoisotopic (exact) mass is 530 g/mol. The summed E-state index contributed by atoms with van der Waals surface area (Å²) in [5.74, 6) is -0.231. The Balaban J connectivity index is 1.41. The van der Waals surface area contributed by atoms with E-state index in [2.05, 4.69) is 11.1 Å². The van der Waals surface area contributed by atoms with Gasteiger partial charge in [-0.1, -0.05) is 47.5 Å². The number of halogens is 2. The molecule has 0 N–H and O–H groups in total. The van der Waals surface area contributed by atoms with Crippen LogP contribution in [-0.2, 0) is 0 Å². The molecular formula is C28H20Cl2N4O3. The molecule has 3 aromatic carbocycles. The number of amides is 2. The molecule has 2 amide bonds. The Kier molecular flexibility index (Phi) is 6.95. The maximum absolute atomic E-state index is 13.4. The average Bonchev–Trinajstić information content (AvgIpc) is 3.43. The van der Waals surface area contributed by atoms with Crippen LogP contribution in [0.15, 0.2) is 83.4 Å². The minimum atomic E-state index is -0.403. The van der Waals surface area contributed by atoms with Crippen LogP contribution in [0, 0.1) is 11.3 Å². The van der Waals surface area contributed by atoms with Crippen LogP contribution in [0.2, 0.25) is 10.0 Å². The average molecular weight is 531 g/mol. The van der Waals surface area contributed by atoms with Crippen LogP contribution in [0.1, 0.15) is 38.1 Å². The maximum Gasteiger partial charge on any atom is 0.291 e. The highest BCUT2D eigenvalue weighted by atomic mass is 35.5. The van der Waals surface area contributed by atoms with Crippen molar-refractivity contribution in [2.75, 3.05) is 19.6 Å². The Labute approximate surface area is 223 Å². The van der Waals surface area contributed by atoms with Gasteiger partial charge in [0.1, 0.15) is 0 Å². The number of carbonyl (C=O) groups is 2. The molecule has 0 radical (unpaired) electrons. The van der Waals surface area contributed by atoms with E-state index in [9.17, 15) is 14.9 Å². The van der Waals surface area contributed by atoms with Crippen LogP contribution in [0.25, 0.3) is 11.5 Å². The van der Waals surface area contributed by atoms with Gasteiger partial charge in [-0.15, -0.1) is 0 Å². The summed E-state index contributed by atoms with van der Waals surface area (Å²) in [6.45, 7) is 0.885. The topological polar surface area (TPSA) is 90.4 Å². The summed E-state index contributed by atoms with van der Waals surface area (Å²) in [4.78, 5) is 34.5.